The smallest absolute Gasteiger partial charge is 0.313 e. The first-order valence-corrected chi connectivity index (χ1v) is 6.33. The van der Waals surface area contributed by atoms with Gasteiger partial charge in [-0.05, 0) is 12.1 Å². The Balaban J connectivity index is 2.30. The van der Waals surface area contributed by atoms with E-state index in [2.05, 4.69) is 9.97 Å². The number of ether oxygens (including phenoxy) is 1. The summed E-state index contributed by atoms with van der Waals surface area (Å²) < 4.78 is 18.9. The van der Waals surface area contributed by atoms with Crippen LogP contribution in [0.15, 0.2) is 29.6 Å². The van der Waals surface area contributed by atoms with Crippen molar-refractivity contribution in [1.82, 2.24) is 9.97 Å². The zero-order chi connectivity index (χ0) is 13.8. The van der Waals surface area contributed by atoms with E-state index in [9.17, 15) is 9.18 Å². The fourth-order valence-electron chi connectivity index (χ4n) is 1.57. The summed E-state index contributed by atoms with van der Waals surface area (Å²) in [4.78, 5) is 17.3. The third kappa shape index (κ3) is 3.05. The molecule has 2 rings (SSSR count). The number of hydrogen-bond donors (Lipinski definition) is 2. The maximum Gasteiger partial charge on any atom is 0.313 e. The van der Waals surface area contributed by atoms with Crippen LogP contribution in [0.25, 0.3) is 11.3 Å². The highest BCUT2D eigenvalue weighted by molar-refractivity contribution is 7.99. The van der Waals surface area contributed by atoms with Crippen molar-refractivity contribution in [3.05, 3.63) is 30.2 Å². The van der Waals surface area contributed by atoms with Gasteiger partial charge in [-0.3, -0.25) is 4.79 Å². The minimum atomic E-state index is -0.938. The molecule has 0 amide bonds. The monoisotopic (exact) mass is 282 g/mol. The minimum Gasteiger partial charge on any atom is -0.496 e. The lowest BCUT2D eigenvalue weighted by molar-refractivity contribution is -0.133. The van der Waals surface area contributed by atoms with E-state index in [1.165, 1.54) is 19.4 Å². The summed E-state index contributed by atoms with van der Waals surface area (Å²) in [7, 11) is 1.45. The number of aromatic amines is 1. The molecule has 7 heteroatoms. The number of benzene rings is 1. The maximum atomic E-state index is 13.8. The average molecular weight is 282 g/mol. The molecular formula is C12H11FN2O3S. The van der Waals surface area contributed by atoms with Gasteiger partial charge in [0.2, 0.25) is 0 Å². The molecule has 0 bridgehead atoms. The molecule has 0 unspecified atom stereocenters. The van der Waals surface area contributed by atoms with Crippen molar-refractivity contribution in [2.75, 3.05) is 12.9 Å². The van der Waals surface area contributed by atoms with Gasteiger partial charge < -0.3 is 14.8 Å². The Morgan fingerprint density at radius 1 is 1.58 bits per heavy atom. The summed E-state index contributed by atoms with van der Waals surface area (Å²) in [5, 5.41) is 9.00. The summed E-state index contributed by atoms with van der Waals surface area (Å²) in [6, 6.07) is 4.51. The summed E-state index contributed by atoms with van der Waals surface area (Å²) in [6.07, 6.45) is 1.45. The fourth-order valence-corrected chi connectivity index (χ4v) is 2.14. The van der Waals surface area contributed by atoms with Crippen LogP contribution in [0.3, 0.4) is 0 Å². The molecule has 2 aromatic rings. The van der Waals surface area contributed by atoms with Gasteiger partial charge in [-0.25, -0.2) is 9.37 Å². The molecule has 0 fully saturated rings. The van der Waals surface area contributed by atoms with Crippen molar-refractivity contribution in [2.24, 2.45) is 0 Å². The summed E-state index contributed by atoms with van der Waals surface area (Å²) in [6.45, 7) is 0. The van der Waals surface area contributed by atoms with Crippen molar-refractivity contribution in [3.63, 3.8) is 0 Å². The van der Waals surface area contributed by atoms with Gasteiger partial charge >= 0.3 is 5.97 Å². The molecule has 1 aromatic carbocycles. The number of halogens is 1. The normalized spacial score (nSPS) is 10.4. The first-order chi connectivity index (χ1) is 9.11. The number of carboxylic acids is 1. The predicted molar refractivity (Wildman–Crippen MR) is 68.9 cm³/mol. The SMILES string of the molecule is COc1cccc(F)c1-c1cnc(SCC(=O)O)[nH]1. The molecular weight excluding hydrogens is 271 g/mol. The number of nitrogens with zero attached hydrogens (tertiary/aromatic N) is 1. The van der Waals surface area contributed by atoms with Gasteiger partial charge in [-0.2, -0.15) is 0 Å². The standard InChI is InChI=1S/C12H11FN2O3S/c1-18-9-4-2-3-7(13)11(9)8-5-14-12(15-8)19-6-10(16)17/h2-5H,6H2,1H3,(H,14,15)(H,16,17). The Hall–Kier alpha value is -2.02. The first-order valence-electron chi connectivity index (χ1n) is 5.34. The number of nitrogens with one attached hydrogen (secondary N) is 1. The van der Waals surface area contributed by atoms with Crippen LogP contribution in [-0.2, 0) is 4.79 Å². The number of H-pyrrole nitrogens is 1. The Morgan fingerprint density at radius 2 is 2.37 bits per heavy atom. The molecule has 19 heavy (non-hydrogen) atoms. The third-order valence-corrected chi connectivity index (χ3v) is 3.22. The summed E-state index contributed by atoms with van der Waals surface area (Å²) in [5.74, 6) is -1.09. The van der Waals surface area contributed by atoms with E-state index in [1.54, 1.807) is 12.1 Å². The van der Waals surface area contributed by atoms with Gasteiger partial charge in [0.15, 0.2) is 5.16 Å². The van der Waals surface area contributed by atoms with Crippen LogP contribution in [-0.4, -0.2) is 33.9 Å². The van der Waals surface area contributed by atoms with E-state index in [-0.39, 0.29) is 11.3 Å². The quantitative estimate of drug-likeness (QED) is 0.824. The molecule has 2 N–H and O–H groups in total. The van der Waals surface area contributed by atoms with Gasteiger partial charge in [-0.15, -0.1) is 0 Å². The van der Waals surface area contributed by atoms with E-state index in [0.717, 1.165) is 11.8 Å². The van der Waals surface area contributed by atoms with Gasteiger partial charge in [0.25, 0.3) is 0 Å². The fraction of sp³-hybridized carbons (Fsp3) is 0.167. The lowest BCUT2D eigenvalue weighted by atomic mass is 10.1. The zero-order valence-corrected chi connectivity index (χ0v) is 10.8. The number of aromatic nitrogens is 2. The van der Waals surface area contributed by atoms with Crippen LogP contribution in [0.2, 0.25) is 0 Å². The van der Waals surface area contributed by atoms with Gasteiger partial charge in [-0.1, -0.05) is 17.8 Å². The second kappa shape index (κ2) is 5.75. The molecule has 5 nitrogen and oxygen atoms in total. The second-order valence-corrected chi connectivity index (χ2v) is 4.57. The number of rotatable bonds is 5. The first kappa shape index (κ1) is 13.4. The van der Waals surface area contributed by atoms with E-state index in [1.807, 2.05) is 0 Å². The topological polar surface area (TPSA) is 75.2 Å². The van der Waals surface area contributed by atoms with Crippen LogP contribution in [0.1, 0.15) is 0 Å². The van der Waals surface area contributed by atoms with Crippen molar-refractivity contribution in [3.8, 4) is 17.0 Å². The van der Waals surface area contributed by atoms with Crippen molar-refractivity contribution in [2.45, 2.75) is 5.16 Å². The molecule has 0 aliphatic heterocycles. The van der Waals surface area contributed by atoms with Crippen molar-refractivity contribution in [1.29, 1.82) is 0 Å². The zero-order valence-electron chi connectivity index (χ0n) is 10.0. The Kier molecular flexibility index (Phi) is 4.06. The number of carboxylic acid groups (broad SMARTS) is 1. The van der Waals surface area contributed by atoms with Crippen LogP contribution < -0.4 is 4.74 Å². The number of imidazole rings is 1. The molecule has 0 radical (unpaired) electrons. The molecule has 1 aromatic heterocycles. The molecule has 1 heterocycles. The molecule has 100 valence electrons. The van der Waals surface area contributed by atoms with Crippen LogP contribution >= 0.6 is 11.8 Å². The summed E-state index contributed by atoms with van der Waals surface area (Å²) in [5.41, 5.74) is 0.725. The van der Waals surface area contributed by atoms with E-state index < -0.39 is 11.8 Å². The number of aliphatic carboxylic acids is 1. The van der Waals surface area contributed by atoms with Crippen LogP contribution in [0.4, 0.5) is 4.39 Å². The largest absolute Gasteiger partial charge is 0.496 e. The highest BCUT2D eigenvalue weighted by Crippen LogP contribution is 2.32. The number of thioether (sulfide) groups is 1. The maximum absolute atomic E-state index is 13.8. The Bertz CT molecular complexity index is 600. The molecule has 0 atom stereocenters. The molecule has 0 aliphatic rings. The van der Waals surface area contributed by atoms with E-state index >= 15 is 0 Å². The average Bonchev–Trinajstić information content (AvgIpc) is 2.84. The van der Waals surface area contributed by atoms with Crippen molar-refractivity contribution < 1.29 is 19.0 Å². The Morgan fingerprint density at radius 3 is 3.05 bits per heavy atom. The van der Waals surface area contributed by atoms with E-state index in [4.69, 9.17) is 9.84 Å². The molecule has 0 aliphatic carbocycles. The van der Waals surface area contributed by atoms with Gasteiger partial charge in [0.1, 0.15) is 11.6 Å². The molecule has 0 saturated carbocycles. The van der Waals surface area contributed by atoms with Crippen molar-refractivity contribution >= 4 is 17.7 Å². The number of hydrogen-bond acceptors (Lipinski definition) is 4. The minimum absolute atomic E-state index is 0.110. The van der Waals surface area contributed by atoms with Gasteiger partial charge in [0.05, 0.1) is 30.3 Å². The highest BCUT2D eigenvalue weighted by atomic mass is 32.2. The lowest BCUT2D eigenvalue weighted by Crippen LogP contribution is -1.97. The predicted octanol–water partition coefficient (Wildman–Crippen LogP) is 2.40. The van der Waals surface area contributed by atoms with E-state index in [0.29, 0.717) is 16.6 Å². The lowest BCUT2D eigenvalue weighted by Gasteiger charge is -2.07. The third-order valence-electron chi connectivity index (χ3n) is 2.35. The number of carbonyl (C=O) groups is 1. The number of methoxy groups -OCH3 is 1. The van der Waals surface area contributed by atoms with Crippen LogP contribution in [0.5, 0.6) is 5.75 Å². The molecule has 0 saturated heterocycles. The highest BCUT2D eigenvalue weighted by Gasteiger charge is 2.14. The molecule has 0 spiro atoms. The second-order valence-electron chi connectivity index (χ2n) is 3.60. The Labute approximate surface area is 112 Å². The van der Waals surface area contributed by atoms with Gasteiger partial charge in [0, 0.05) is 0 Å². The summed E-state index contributed by atoms with van der Waals surface area (Å²) >= 11 is 1.03. The van der Waals surface area contributed by atoms with Crippen LogP contribution in [0, 0.1) is 5.82 Å².